The Hall–Kier alpha value is -1.92. The summed E-state index contributed by atoms with van der Waals surface area (Å²) in [5.74, 6) is -0.572. The summed E-state index contributed by atoms with van der Waals surface area (Å²) in [6.07, 6.45) is 9.21. The summed E-state index contributed by atoms with van der Waals surface area (Å²) in [5, 5.41) is 3.52. The summed E-state index contributed by atoms with van der Waals surface area (Å²) in [6.45, 7) is 2.36. The maximum Gasteiger partial charge on any atom is 0.341 e. The minimum absolute atomic E-state index is 0.246. The van der Waals surface area contributed by atoms with Gasteiger partial charge < -0.3 is 10.1 Å². The van der Waals surface area contributed by atoms with E-state index in [4.69, 9.17) is 4.74 Å². The van der Waals surface area contributed by atoms with E-state index in [0.29, 0.717) is 17.2 Å². The van der Waals surface area contributed by atoms with Crippen molar-refractivity contribution in [2.75, 3.05) is 11.9 Å². The fourth-order valence-corrected chi connectivity index (χ4v) is 4.76. The van der Waals surface area contributed by atoms with Crippen molar-refractivity contribution >= 4 is 50.2 Å². The molecule has 1 amide bonds. The van der Waals surface area contributed by atoms with Crippen LogP contribution < -0.4 is 5.32 Å². The van der Waals surface area contributed by atoms with Crippen LogP contribution in [-0.2, 0) is 22.4 Å². The first-order chi connectivity index (χ1) is 13.6. The second-order valence-electron chi connectivity index (χ2n) is 6.78. The molecule has 3 rings (SSSR count). The minimum atomic E-state index is -0.326. The number of hydrogen-bond acceptors (Lipinski definition) is 4. The predicted molar refractivity (Wildman–Crippen MR) is 118 cm³/mol. The number of rotatable bonds is 6. The van der Waals surface area contributed by atoms with Gasteiger partial charge in [-0.1, -0.05) is 41.4 Å². The highest BCUT2D eigenvalue weighted by Gasteiger charge is 2.26. The number of fused-ring (bicyclic) bond motifs is 1. The molecule has 0 unspecified atom stereocenters. The lowest BCUT2D eigenvalue weighted by Gasteiger charge is -2.08. The normalized spacial score (nSPS) is 13.8. The molecule has 1 aromatic heterocycles. The number of carbonyl (C=O) groups excluding carboxylic acids is 2. The van der Waals surface area contributed by atoms with Crippen LogP contribution in [0, 0.1) is 0 Å². The zero-order valence-electron chi connectivity index (χ0n) is 15.9. The SMILES string of the molecule is CCCOC(=O)c1c(NC(=O)C=Cc2ccc(Br)cc2)sc2c1CCCCC2. The van der Waals surface area contributed by atoms with Gasteiger partial charge in [0.1, 0.15) is 5.00 Å². The Morgan fingerprint density at radius 1 is 1.18 bits per heavy atom. The van der Waals surface area contributed by atoms with Crippen LogP contribution in [0.3, 0.4) is 0 Å². The van der Waals surface area contributed by atoms with Crippen LogP contribution in [0.4, 0.5) is 5.00 Å². The van der Waals surface area contributed by atoms with E-state index in [2.05, 4.69) is 21.2 Å². The molecule has 0 atom stereocenters. The van der Waals surface area contributed by atoms with Crippen molar-refractivity contribution in [3.05, 3.63) is 56.4 Å². The molecule has 1 aromatic carbocycles. The van der Waals surface area contributed by atoms with Gasteiger partial charge in [-0.3, -0.25) is 4.79 Å². The molecule has 1 aliphatic carbocycles. The van der Waals surface area contributed by atoms with Gasteiger partial charge in [-0.15, -0.1) is 11.3 Å². The Kier molecular flexibility index (Phi) is 7.45. The molecule has 0 radical (unpaired) electrons. The first-order valence-corrected chi connectivity index (χ1v) is 11.3. The van der Waals surface area contributed by atoms with Gasteiger partial charge in [-0.05, 0) is 61.4 Å². The second kappa shape index (κ2) is 10.0. The summed E-state index contributed by atoms with van der Waals surface area (Å²) in [5.41, 5.74) is 2.56. The van der Waals surface area contributed by atoms with Crippen molar-refractivity contribution in [3.8, 4) is 0 Å². The van der Waals surface area contributed by atoms with E-state index in [0.717, 1.165) is 47.7 Å². The first-order valence-electron chi connectivity index (χ1n) is 9.64. The maximum absolute atomic E-state index is 12.7. The smallest absolute Gasteiger partial charge is 0.341 e. The Labute approximate surface area is 178 Å². The number of anilines is 1. The Morgan fingerprint density at radius 2 is 1.93 bits per heavy atom. The van der Waals surface area contributed by atoms with Crippen LogP contribution in [0.1, 0.15) is 59.0 Å². The van der Waals surface area contributed by atoms with E-state index < -0.39 is 0 Å². The summed E-state index contributed by atoms with van der Waals surface area (Å²) < 4.78 is 6.39. The predicted octanol–water partition coefficient (Wildman–Crippen LogP) is 6.00. The average Bonchev–Trinajstić information content (AvgIpc) is 2.86. The number of thiophene rings is 1. The minimum Gasteiger partial charge on any atom is -0.462 e. The van der Waals surface area contributed by atoms with Crippen LogP contribution in [0.25, 0.3) is 6.08 Å². The molecule has 1 N–H and O–H groups in total. The average molecular weight is 462 g/mol. The van der Waals surface area contributed by atoms with Crippen molar-refractivity contribution in [2.24, 2.45) is 0 Å². The maximum atomic E-state index is 12.7. The number of halogens is 1. The molecule has 0 saturated heterocycles. The lowest BCUT2D eigenvalue weighted by atomic mass is 10.1. The van der Waals surface area contributed by atoms with Crippen molar-refractivity contribution in [2.45, 2.75) is 45.4 Å². The number of aryl methyl sites for hydroxylation is 1. The Balaban J connectivity index is 1.80. The number of carbonyl (C=O) groups is 2. The number of ether oxygens (including phenoxy) is 1. The molecule has 1 heterocycles. The molecule has 6 heteroatoms. The van der Waals surface area contributed by atoms with Gasteiger partial charge in [0.15, 0.2) is 0 Å². The summed E-state index contributed by atoms with van der Waals surface area (Å²) in [7, 11) is 0. The van der Waals surface area contributed by atoms with Crippen LogP contribution in [-0.4, -0.2) is 18.5 Å². The number of esters is 1. The zero-order valence-corrected chi connectivity index (χ0v) is 18.3. The summed E-state index contributed by atoms with van der Waals surface area (Å²) in [6, 6.07) is 7.70. The standard InChI is InChI=1S/C22H24BrNO3S/c1-2-14-27-22(26)20-17-6-4-3-5-7-18(17)28-21(20)24-19(25)13-10-15-8-11-16(23)12-9-15/h8-13H,2-7,14H2,1H3,(H,24,25). The van der Waals surface area contributed by atoms with E-state index >= 15 is 0 Å². The molecule has 28 heavy (non-hydrogen) atoms. The third kappa shape index (κ3) is 5.32. The van der Waals surface area contributed by atoms with Crippen molar-refractivity contribution in [1.29, 1.82) is 0 Å². The third-order valence-corrected chi connectivity index (χ3v) is 6.33. The van der Waals surface area contributed by atoms with Crippen LogP contribution >= 0.6 is 27.3 Å². The highest BCUT2D eigenvalue weighted by atomic mass is 79.9. The first kappa shape index (κ1) is 20.8. The van der Waals surface area contributed by atoms with Crippen LogP contribution in [0.5, 0.6) is 0 Å². The number of amides is 1. The van der Waals surface area contributed by atoms with Gasteiger partial charge in [0.05, 0.1) is 12.2 Å². The number of nitrogens with one attached hydrogen (secondary N) is 1. The van der Waals surface area contributed by atoms with Gasteiger partial charge in [0, 0.05) is 15.4 Å². The topological polar surface area (TPSA) is 55.4 Å². The summed E-state index contributed by atoms with van der Waals surface area (Å²) in [4.78, 5) is 26.3. The molecule has 148 valence electrons. The van der Waals surface area contributed by atoms with E-state index in [1.807, 2.05) is 31.2 Å². The molecule has 0 bridgehead atoms. The fraction of sp³-hybridized carbons (Fsp3) is 0.364. The quantitative estimate of drug-likeness (QED) is 0.326. The Morgan fingerprint density at radius 3 is 2.68 bits per heavy atom. The molecular formula is C22H24BrNO3S. The lowest BCUT2D eigenvalue weighted by molar-refractivity contribution is -0.111. The van der Waals surface area contributed by atoms with E-state index in [-0.39, 0.29) is 11.9 Å². The number of benzene rings is 1. The summed E-state index contributed by atoms with van der Waals surface area (Å²) >= 11 is 4.91. The second-order valence-corrected chi connectivity index (χ2v) is 8.80. The van der Waals surface area contributed by atoms with E-state index in [1.165, 1.54) is 28.7 Å². The van der Waals surface area contributed by atoms with Crippen LogP contribution in [0.2, 0.25) is 0 Å². The number of hydrogen-bond donors (Lipinski definition) is 1. The van der Waals surface area contributed by atoms with Gasteiger partial charge in [0.2, 0.25) is 5.91 Å². The van der Waals surface area contributed by atoms with E-state index in [9.17, 15) is 9.59 Å². The van der Waals surface area contributed by atoms with Gasteiger partial charge >= 0.3 is 5.97 Å². The molecule has 0 aliphatic heterocycles. The van der Waals surface area contributed by atoms with Gasteiger partial charge in [0.25, 0.3) is 0 Å². The molecule has 4 nitrogen and oxygen atoms in total. The van der Waals surface area contributed by atoms with Crippen molar-refractivity contribution in [3.63, 3.8) is 0 Å². The third-order valence-electron chi connectivity index (χ3n) is 4.60. The highest BCUT2D eigenvalue weighted by molar-refractivity contribution is 9.10. The highest BCUT2D eigenvalue weighted by Crippen LogP contribution is 2.38. The van der Waals surface area contributed by atoms with E-state index in [1.54, 1.807) is 6.08 Å². The molecule has 1 aliphatic rings. The molecule has 0 spiro atoms. The fourth-order valence-electron chi connectivity index (χ4n) is 3.21. The molecule has 0 fully saturated rings. The largest absolute Gasteiger partial charge is 0.462 e. The van der Waals surface area contributed by atoms with Crippen LogP contribution in [0.15, 0.2) is 34.8 Å². The van der Waals surface area contributed by atoms with Gasteiger partial charge in [-0.2, -0.15) is 0 Å². The van der Waals surface area contributed by atoms with Crippen molar-refractivity contribution < 1.29 is 14.3 Å². The lowest BCUT2D eigenvalue weighted by Crippen LogP contribution is -2.13. The molecule has 2 aromatic rings. The Bertz CT molecular complexity index is 871. The molecular weight excluding hydrogens is 438 g/mol. The zero-order chi connectivity index (χ0) is 19.9. The monoisotopic (exact) mass is 461 g/mol. The molecule has 0 saturated carbocycles. The van der Waals surface area contributed by atoms with Gasteiger partial charge in [-0.25, -0.2) is 4.79 Å². The van der Waals surface area contributed by atoms with Crippen molar-refractivity contribution in [1.82, 2.24) is 0 Å².